The third-order valence-corrected chi connectivity index (χ3v) is 3.19. The first-order chi connectivity index (χ1) is 8.20. The third-order valence-electron chi connectivity index (χ3n) is 2.86. The molecule has 0 spiro atoms. The number of amides is 1. The Labute approximate surface area is 105 Å². The number of methoxy groups -OCH3 is 1. The minimum absolute atomic E-state index is 0.00477. The molecule has 0 radical (unpaired) electrons. The molecule has 4 nitrogen and oxygen atoms in total. The highest BCUT2D eigenvalue weighted by Gasteiger charge is 2.22. The Kier molecular flexibility index (Phi) is 3.86. The van der Waals surface area contributed by atoms with Gasteiger partial charge in [-0.2, -0.15) is 0 Å². The standard InChI is InChI=1S/C12H15ClN2O2/c1-17-9-2-3-10(13)11(6-9)15-12(16)8-4-5-14-7-8/h2-3,6,8,14H,4-5,7H2,1H3,(H,15,16). The molecule has 1 aliphatic rings. The van der Waals surface area contributed by atoms with Gasteiger partial charge in [-0.25, -0.2) is 0 Å². The maximum Gasteiger partial charge on any atom is 0.228 e. The number of anilines is 1. The molecule has 2 rings (SSSR count). The van der Waals surface area contributed by atoms with Crippen molar-refractivity contribution in [1.82, 2.24) is 5.32 Å². The summed E-state index contributed by atoms with van der Waals surface area (Å²) in [5.74, 6) is 0.705. The van der Waals surface area contributed by atoms with Crippen molar-refractivity contribution < 1.29 is 9.53 Å². The average molecular weight is 255 g/mol. The molecule has 0 aliphatic carbocycles. The topological polar surface area (TPSA) is 50.4 Å². The number of hydrogen-bond acceptors (Lipinski definition) is 3. The number of carbonyl (C=O) groups excluding carboxylic acids is 1. The van der Waals surface area contributed by atoms with Crippen LogP contribution >= 0.6 is 11.6 Å². The van der Waals surface area contributed by atoms with Gasteiger partial charge in [0.2, 0.25) is 5.91 Å². The molecule has 1 aromatic rings. The second kappa shape index (κ2) is 5.38. The molecule has 1 saturated heterocycles. The molecule has 17 heavy (non-hydrogen) atoms. The van der Waals surface area contributed by atoms with Crippen LogP contribution in [0.3, 0.4) is 0 Å². The van der Waals surface area contributed by atoms with Crippen LogP contribution in [0.1, 0.15) is 6.42 Å². The minimum Gasteiger partial charge on any atom is -0.497 e. The molecule has 1 aromatic carbocycles. The van der Waals surface area contributed by atoms with E-state index in [2.05, 4.69) is 10.6 Å². The molecule has 1 aliphatic heterocycles. The number of nitrogens with one attached hydrogen (secondary N) is 2. The Bertz CT molecular complexity index is 417. The van der Waals surface area contributed by atoms with Gasteiger partial charge < -0.3 is 15.4 Å². The molecular weight excluding hydrogens is 240 g/mol. The largest absolute Gasteiger partial charge is 0.497 e. The number of benzene rings is 1. The summed E-state index contributed by atoms with van der Waals surface area (Å²) < 4.78 is 5.09. The van der Waals surface area contributed by atoms with E-state index < -0.39 is 0 Å². The van der Waals surface area contributed by atoms with Crippen LogP contribution in [-0.4, -0.2) is 26.1 Å². The second-order valence-corrected chi connectivity index (χ2v) is 4.43. The molecule has 1 fully saturated rings. The van der Waals surface area contributed by atoms with Gasteiger partial charge in [0.25, 0.3) is 0 Å². The van der Waals surface area contributed by atoms with Gasteiger partial charge in [0.15, 0.2) is 0 Å². The third kappa shape index (κ3) is 2.90. The molecule has 1 heterocycles. The lowest BCUT2D eigenvalue weighted by Crippen LogP contribution is -2.24. The summed E-state index contributed by atoms with van der Waals surface area (Å²) >= 11 is 6.02. The average Bonchev–Trinajstić information content (AvgIpc) is 2.85. The monoisotopic (exact) mass is 254 g/mol. The Morgan fingerprint density at radius 3 is 3.06 bits per heavy atom. The van der Waals surface area contributed by atoms with Gasteiger partial charge in [0.1, 0.15) is 5.75 Å². The van der Waals surface area contributed by atoms with E-state index in [0.29, 0.717) is 16.5 Å². The summed E-state index contributed by atoms with van der Waals surface area (Å²) in [6.45, 7) is 1.62. The molecular formula is C12H15ClN2O2. The second-order valence-electron chi connectivity index (χ2n) is 4.02. The van der Waals surface area contributed by atoms with Gasteiger partial charge in [-0.15, -0.1) is 0 Å². The molecule has 1 amide bonds. The van der Waals surface area contributed by atoms with Crippen LogP contribution in [0.2, 0.25) is 5.02 Å². The van der Waals surface area contributed by atoms with E-state index in [-0.39, 0.29) is 11.8 Å². The Balaban J connectivity index is 2.09. The predicted octanol–water partition coefficient (Wildman–Crippen LogP) is 1.90. The zero-order valence-electron chi connectivity index (χ0n) is 9.63. The van der Waals surface area contributed by atoms with Crippen molar-refractivity contribution in [2.75, 3.05) is 25.5 Å². The van der Waals surface area contributed by atoms with Crippen LogP contribution in [0.5, 0.6) is 5.75 Å². The Morgan fingerprint density at radius 2 is 2.41 bits per heavy atom. The lowest BCUT2D eigenvalue weighted by atomic mass is 10.1. The maximum atomic E-state index is 11.9. The first-order valence-electron chi connectivity index (χ1n) is 5.56. The molecule has 5 heteroatoms. The summed E-state index contributed by atoms with van der Waals surface area (Å²) in [5.41, 5.74) is 0.600. The van der Waals surface area contributed by atoms with Gasteiger partial charge >= 0.3 is 0 Å². The fraction of sp³-hybridized carbons (Fsp3) is 0.417. The molecule has 0 aromatic heterocycles. The van der Waals surface area contributed by atoms with Crippen molar-refractivity contribution in [3.05, 3.63) is 23.2 Å². The van der Waals surface area contributed by atoms with Crippen LogP contribution in [0.15, 0.2) is 18.2 Å². The number of rotatable bonds is 3. The summed E-state index contributed by atoms with van der Waals surface area (Å²) in [5, 5.41) is 6.51. The lowest BCUT2D eigenvalue weighted by Gasteiger charge is -2.12. The molecule has 92 valence electrons. The first kappa shape index (κ1) is 12.2. The molecule has 0 bridgehead atoms. The van der Waals surface area contributed by atoms with E-state index >= 15 is 0 Å². The van der Waals surface area contributed by atoms with Crippen molar-refractivity contribution in [1.29, 1.82) is 0 Å². The maximum absolute atomic E-state index is 11.9. The highest BCUT2D eigenvalue weighted by Crippen LogP contribution is 2.27. The van der Waals surface area contributed by atoms with Crippen LogP contribution in [0.4, 0.5) is 5.69 Å². The van der Waals surface area contributed by atoms with Crippen molar-refractivity contribution >= 4 is 23.2 Å². The Morgan fingerprint density at radius 1 is 1.59 bits per heavy atom. The normalized spacial score (nSPS) is 19.1. The van der Waals surface area contributed by atoms with Gasteiger partial charge in [-0.05, 0) is 25.1 Å². The van der Waals surface area contributed by atoms with E-state index in [1.54, 1.807) is 25.3 Å². The minimum atomic E-state index is 0.00477. The van der Waals surface area contributed by atoms with E-state index in [1.807, 2.05) is 0 Å². The van der Waals surface area contributed by atoms with Crippen molar-refractivity contribution in [2.24, 2.45) is 5.92 Å². The highest BCUT2D eigenvalue weighted by atomic mass is 35.5. The zero-order valence-corrected chi connectivity index (χ0v) is 10.4. The van der Waals surface area contributed by atoms with Crippen molar-refractivity contribution in [3.63, 3.8) is 0 Å². The van der Waals surface area contributed by atoms with Gasteiger partial charge in [-0.1, -0.05) is 11.6 Å². The van der Waals surface area contributed by atoms with Gasteiger partial charge in [-0.3, -0.25) is 4.79 Å². The molecule has 2 N–H and O–H groups in total. The molecule has 0 saturated carbocycles. The fourth-order valence-electron chi connectivity index (χ4n) is 1.84. The Hall–Kier alpha value is -1.26. The number of hydrogen-bond donors (Lipinski definition) is 2. The SMILES string of the molecule is COc1ccc(Cl)c(NC(=O)C2CCNC2)c1. The molecule has 1 unspecified atom stereocenters. The smallest absolute Gasteiger partial charge is 0.228 e. The summed E-state index contributed by atoms with van der Waals surface area (Å²) in [6, 6.07) is 5.20. The number of carbonyl (C=O) groups is 1. The predicted molar refractivity (Wildman–Crippen MR) is 67.6 cm³/mol. The van der Waals surface area contributed by atoms with Gasteiger partial charge in [0, 0.05) is 12.6 Å². The van der Waals surface area contributed by atoms with Crippen LogP contribution in [0, 0.1) is 5.92 Å². The summed E-state index contributed by atoms with van der Waals surface area (Å²) in [6.07, 6.45) is 0.868. The van der Waals surface area contributed by atoms with E-state index in [1.165, 1.54) is 0 Å². The highest BCUT2D eigenvalue weighted by molar-refractivity contribution is 6.33. The van der Waals surface area contributed by atoms with Crippen molar-refractivity contribution in [3.8, 4) is 5.75 Å². The number of ether oxygens (including phenoxy) is 1. The van der Waals surface area contributed by atoms with E-state index in [9.17, 15) is 4.79 Å². The van der Waals surface area contributed by atoms with E-state index in [4.69, 9.17) is 16.3 Å². The first-order valence-corrected chi connectivity index (χ1v) is 5.93. The zero-order chi connectivity index (χ0) is 12.3. The summed E-state index contributed by atoms with van der Waals surface area (Å²) in [4.78, 5) is 11.9. The van der Waals surface area contributed by atoms with Crippen molar-refractivity contribution in [2.45, 2.75) is 6.42 Å². The van der Waals surface area contributed by atoms with Gasteiger partial charge in [0.05, 0.1) is 23.7 Å². The number of halogens is 1. The lowest BCUT2D eigenvalue weighted by molar-refractivity contribution is -0.119. The van der Waals surface area contributed by atoms with Crippen LogP contribution in [-0.2, 0) is 4.79 Å². The van der Waals surface area contributed by atoms with Crippen LogP contribution < -0.4 is 15.4 Å². The van der Waals surface area contributed by atoms with E-state index in [0.717, 1.165) is 19.5 Å². The summed E-state index contributed by atoms with van der Waals surface area (Å²) in [7, 11) is 1.58. The van der Waals surface area contributed by atoms with Crippen LogP contribution in [0.25, 0.3) is 0 Å². The quantitative estimate of drug-likeness (QED) is 0.866. The fourth-order valence-corrected chi connectivity index (χ4v) is 2.01. The molecule has 1 atom stereocenters.